The molecule has 8 heteroatoms. The van der Waals surface area contributed by atoms with Crippen LogP contribution in [0.25, 0.3) is 0 Å². The first kappa shape index (κ1) is 32.0. The van der Waals surface area contributed by atoms with E-state index < -0.39 is 46.6 Å². The summed E-state index contributed by atoms with van der Waals surface area (Å²) in [5.74, 6) is -2.70. The van der Waals surface area contributed by atoms with E-state index in [0.717, 1.165) is 18.4 Å². The summed E-state index contributed by atoms with van der Waals surface area (Å²) in [6, 6.07) is 7.96. The molecule has 0 aromatic heterocycles. The number of likely N-dealkylation sites (tertiary alicyclic amines) is 1. The third-order valence-corrected chi connectivity index (χ3v) is 9.46. The van der Waals surface area contributed by atoms with Gasteiger partial charge in [0.05, 0.1) is 30.8 Å². The number of amides is 2. The van der Waals surface area contributed by atoms with E-state index in [-0.39, 0.29) is 25.0 Å². The van der Waals surface area contributed by atoms with Crippen LogP contribution < -0.4 is 0 Å². The number of aliphatic hydroxyl groups excluding tert-OH is 1. The molecule has 1 N–H and O–H groups in total. The van der Waals surface area contributed by atoms with Gasteiger partial charge in [0.15, 0.2) is 0 Å². The quantitative estimate of drug-likeness (QED) is 0.198. The summed E-state index contributed by atoms with van der Waals surface area (Å²) in [7, 11) is 0. The van der Waals surface area contributed by atoms with E-state index in [0.29, 0.717) is 38.6 Å². The van der Waals surface area contributed by atoms with Crippen LogP contribution >= 0.6 is 0 Å². The number of unbranched alkanes of at least 4 members (excludes halogenated alkanes) is 2. The number of aliphatic hydroxyl groups is 1. The Morgan fingerprint density at radius 2 is 1.90 bits per heavy atom. The van der Waals surface area contributed by atoms with Gasteiger partial charge in [0.1, 0.15) is 17.6 Å². The molecule has 0 radical (unpaired) electrons. The fraction of sp³-hybridized carbons (Fsp3) is 0.618. The SMILES string of the molecule is C=CCCCCOC(=O)[C@H]1[C@H]2C(=O)N([C@@H](CO)Cc3ccccc3)C(C(=O)N(CC=C)C(C)(C)C)C23CC[C@]1(CC)O3. The predicted octanol–water partition coefficient (Wildman–Crippen LogP) is 4.46. The second-order valence-corrected chi connectivity index (χ2v) is 13.0. The van der Waals surface area contributed by atoms with Crippen LogP contribution in [0.4, 0.5) is 0 Å². The Kier molecular flexibility index (Phi) is 9.68. The maximum Gasteiger partial charge on any atom is 0.312 e. The molecular weight excluding hydrogens is 532 g/mol. The molecule has 1 spiro atoms. The lowest BCUT2D eigenvalue weighted by molar-refractivity contribution is -0.164. The van der Waals surface area contributed by atoms with Crippen LogP contribution in [-0.2, 0) is 30.3 Å². The molecule has 2 amide bonds. The van der Waals surface area contributed by atoms with Crippen molar-refractivity contribution < 1.29 is 29.0 Å². The van der Waals surface area contributed by atoms with Crippen molar-refractivity contribution in [2.24, 2.45) is 11.8 Å². The highest BCUT2D eigenvalue weighted by molar-refractivity contribution is 5.99. The van der Waals surface area contributed by atoms with Gasteiger partial charge in [-0.25, -0.2) is 0 Å². The molecule has 4 rings (SSSR count). The molecule has 3 aliphatic rings. The van der Waals surface area contributed by atoms with Gasteiger partial charge in [-0.15, -0.1) is 13.2 Å². The number of carbonyl (C=O) groups is 3. The van der Waals surface area contributed by atoms with Crippen molar-refractivity contribution in [2.45, 2.75) is 101 Å². The summed E-state index contributed by atoms with van der Waals surface area (Å²) in [6.45, 7) is 15.6. The monoisotopic (exact) mass is 580 g/mol. The summed E-state index contributed by atoms with van der Waals surface area (Å²) < 4.78 is 12.7. The van der Waals surface area contributed by atoms with Crippen LogP contribution in [0, 0.1) is 11.8 Å². The zero-order chi connectivity index (χ0) is 30.7. The summed E-state index contributed by atoms with van der Waals surface area (Å²) >= 11 is 0. The van der Waals surface area contributed by atoms with E-state index in [9.17, 15) is 19.5 Å². The highest BCUT2D eigenvalue weighted by Gasteiger charge is 2.79. The van der Waals surface area contributed by atoms with Crippen LogP contribution in [0.5, 0.6) is 0 Å². The number of rotatable bonds is 14. The van der Waals surface area contributed by atoms with Crippen molar-refractivity contribution in [3.05, 3.63) is 61.2 Å². The van der Waals surface area contributed by atoms with Gasteiger partial charge >= 0.3 is 5.97 Å². The van der Waals surface area contributed by atoms with Gasteiger partial charge in [0.25, 0.3) is 0 Å². The molecule has 0 saturated carbocycles. The van der Waals surface area contributed by atoms with Crippen LogP contribution in [0.3, 0.4) is 0 Å². The van der Waals surface area contributed by atoms with Gasteiger partial charge in [0.2, 0.25) is 11.8 Å². The Balaban J connectivity index is 1.78. The fourth-order valence-electron chi connectivity index (χ4n) is 7.45. The van der Waals surface area contributed by atoms with Crippen molar-refractivity contribution in [2.75, 3.05) is 19.8 Å². The molecule has 1 aromatic carbocycles. The van der Waals surface area contributed by atoms with E-state index in [2.05, 4.69) is 13.2 Å². The number of esters is 1. The van der Waals surface area contributed by atoms with Gasteiger partial charge in [-0.05, 0) is 71.3 Å². The Morgan fingerprint density at radius 3 is 2.50 bits per heavy atom. The minimum atomic E-state index is -1.19. The highest BCUT2D eigenvalue weighted by atomic mass is 16.6. The smallest absolute Gasteiger partial charge is 0.312 e. The first-order valence-electron chi connectivity index (χ1n) is 15.4. The minimum Gasteiger partial charge on any atom is -0.465 e. The van der Waals surface area contributed by atoms with Gasteiger partial charge in [0, 0.05) is 12.1 Å². The first-order valence-corrected chi connectivity index (χ1v) is 15.4. The van der Waals surface area contributed by atoms with Crippen LogP contribution in [-0.4, -0.2) is 81.3 Å². The number of benzene rings is 1. The second-order valence-electron chi connectivity index (χ2n) is 13.0. The maximum atomic E-state index is 14.7. The number of carbonyl (C=O) groups excluding carboxylic acids is 3. The van der Waals surface area contributed by atoms with Crippen LogP contribution in [0.2, 0.25) is 0 Å². The summed E-state index contributed by atoms with van der Waals surface area (Å²) in [6.07, 6.45) is 7.84. The third-order valence-electron chi connectivity index (χ3n) is 9.46. The van der Waals surface area contributed by atoms with E-state index in [1.54, 1.807) is 15.9 Å². The third kappa shape index (κ3) is 5.55. The lowest BCUT2D eigenvalue weighted by Gasteiger charge is -2.43. The largest absolute Gasteiger partial charge is 0.465 e. The van der Waals surface area contributed by atoms with E-state index >= 15 is 0 Å². The molecule has 3 aliphatic heterocycles. The maximum absolute atomic E-state index is 14.7. The van der Waals surface area contributed by atoms with Crippen molar-refractivity contribution in [3.8, 4) is 0 Å². The van der Waals surface area contributed by atoms with Gasteiger partial charge in [-0.1, -0.05) is 49.4 Å². The molecule has 6 atom stereocenters. The number of hydrogen-bond donors (Lipinski definition) is 1. The zero-order valence-corrected chi connectivity index (χ0v) is 25.7. The van der Waals surface area contributed by atoms with Crippen molar-refractivity contribution >= 4 is 17.8 Å². The normalized spacial score (nSPS) is 28.8. The van der Waals surface area contributed by atoms with Crippen LogP contribution in [0.15, 0.2) is 55.6 Å². The number of hydrogen-bond acceptors (Lipinski definition) is 6. The van der Waals surface area contributed by atoms with Gasteiger partial charge < -0.3 is 24.4 Å². The molecule has 3 saturated heterocycles. The van der Waals surface area contributed by atoms with Gasteiger partial charge in [-0.2, -0.15) is 0 Å². The molecule has 2 unspecified atom stereocenters. The first-order chi connectivity index (χ1) is 20.0. The van der Waals surface area contributed by atoms with E-state index in [1.165, 1.54) is 0 Å². The summed E-state index contributed by atoms with van der Waals surface area (Å²) in [4.78, 5) is 46.3. The second kappa shape index (κ2) is 12.7. The van der Waals surface area contributed by atoms with E-state index in [1.807, 2.05) is 64.1 Å². The molecule has 230 valence electrons. The summed E-state index contributed by atoms with van der Waals surface area (Å²) in [5, 5.41) is 10.7. The molecule has 42 heavy (non-hydrogen) atoms. The topological polar surface area (TPSA) is 96.4 Å². The average Bonchev–Trinajstić information content (AvgIpc) is 3.57. The Labute approximate surface area is 250 Å². The molecular formula is C34H48N2O6. The minimum absolute atomic E-state index is 0.255. The van der Waals surface area contributed by atoms with E-state index in [4.69, 9.17) is 9.47 Å². The Bertz CT molecular complexity index is 1160. The molecule has 3 heterocycles. The number of ether oxygens (including phenoxy) is 2. The zero-order valence-electron chi connectivity index (χ0n) is 25.7. The summed E-state index contributed by atoms with van der Waals surface area (Å²) in [5.41, 5.74) is -1.69. The number of nitrogens with zero attached hydrogens (tertiary/aromatic N) is 2. The predicted molar refractivity (Wildman–Crippen MR) is 161 cm³/mol. The van der Waals surface area contributed by atoms with Gasteiger partial charge in [-0.3, -0.25) is 14.4 Å². The highest BCUT2D eigenvalue weighted by Crippen LogP contribution is 2.65. The van der Waals surface area contributed by atoms with Crippen molar-refractivity contribution in [1.82, 2.24) is 9.80 Å². The molecule has 3 fully saturated rings. The molecule has 8 nitrogen and oxygen atoms in total. The Morgan fingerprint density at radius 1 is 1.19 bits per heavy atom. The standard InChI is InChI=1S/C34H48N2O6/c1-7-10-11-15-21-41-31(40)27-26-29(38)36(25(23-37)22-24-16-13-12-14-17-24)28(30(39)35(20-8-2)32(4,5)6)34(26)19-18-33(27,9-3)42-34/h7-8,12-14,16-17,25-28,37H,1-2,9-11,15,18-23H2,3-6H3/t25-,26+,27-,28?,33+,34?/m1/s1. The van der Waals surface area contributed by atoms with Crippen molar-refractivity contribution in [1.29, 1.82) is 0 Å². The number of allylic oxidation sites excluding steroid dienone is 1. The average molecular weight is 581 g/mol. The fourth-order valence-corrected chi connectivity index (χ4v) is 7.45. The lowest BCUT2D eigenvalue weighted by Crippen LogP contribution is -2.62. The molecule has 1 aromatic rings. The molecule has 2 bridgehead atoms. The Hall–Kier alpha value is -2.97. The lowest BCUT2D eigenvalue weighted by atomic mass is 9.65. The number of fused-ring (bicyclic) bond motifs is 1. The molecule has 0 aliphatic carbocycles. The van der Waals surface area contributed by atoms with Crippen molar-refractivity contribution in [3.63, 3.8) is 0 Å². The van der Waals surface area contributed by atoms with Crippen LogP contribution in [0.1, 0.15) is 71.8 Å².